The number of unbranched alkanes of at least 4 members (excludes halogenated alkanes) is 8. The van der Waals surface area contributed by atoms with Gasteiger partial charge in [0.1, 0.15) is 0 Å². The SMILES string of the molecule is CCCCCCCCC(SCCCCCC)C(=O)Nc1c(C(F)(F)F)ccc2ncccc12. The third-order valence-electron chi connectivity index (χ3n) is 5.77. The number of hydrogen-bond acceptors (Lipinski definition) is 3. The van der Waals surface area contributed by atoms with Crippen LogP contribution < -0.4 is 5.32 Å². The summed E-state index contributed by atoms with van der Waals surface area (Å²) in [6.45, 7) is 4.33. The Hall–Kier alpha value is -1.76. The number of nitrogens with zero attached hydrogens (tertiary/aromatic N) is 1. The Morgan fingerprint density at radius 2 is 1.64 bits per heavy atom. The van der Waals surface area contributed by atoms with Crippen molar-refractivity contribution in [3.05, 3.63) is 36.0 Å². The summed E-state index contributed by atoms with van der Waals surface area (Å²) < 4.78 is 41.2. The van der Waals surface area contributed by atoms with Crippen LogP contribution in [0.3, 0.4) is 0 Å². The predicted molar refractivity (Wildman–Crippen MR) is 134 cm³/mol. The van der Waals surface area contributed by atoms with Crippen molar-refractivity contribution in [2.24, 2.45) is 0 Å². The molecule has 2 rings (SSSR count). The van der Waals surface area contributed by atoms with Gasteiger partial charge in [-0.05, 0) is 42.9 Å². The summed E-state index contributed by atoms with van der Waals surface area (Å²) in [6.07, 6.45) is 8.77. The summed E-state index contributed by atoms with van der Waals surface area (Å²) in [5.74, 6) is 0.503. The summed E-state index contributed by atoms with van der Waals surface area (Å²) in [4.78, 5) is 17.4. The lowest BCUT2D eigenvalue weighted by Gasteiger charge is -2.20. The Kier molecular flexibility index (Phi) is 12.1. The highest BCUT2D eigenvalue weighted by Crippen LogP contribution is 2.39. The number of rotatable bonds is 15. The molecule has 0 spiro atoms. The van der Waals surface area contributed by atoms with Gasteiger partial charge in [0.2, 0.25) is 5.91 Å². The number of nitrogens with one attached hydrogen (secondary N) is 1. The fraction of sp³-hybridized carbons (Fsp3) is 0.615. The van der Waals surface area contributed by atoms with Crippen LogP contribution in [0.2, 0.25) is 0 Å². The van der Waals surface area contributed by atoms with Crippen molar-refractivity contribution in [2.75, 3.05) is 11.1 Å². The smallest absolute Gasteiger partial charge is 0.324 e. The van der Waals surface area contributed by atoms with Crippen LogP contribution in [0, 0.1) is 0 Å². The molecule has 0 radical (unpaired) electrons. The number of benzene rings is 1. The number of carbonyl (C=O) groups excluding carboxylic acids is 1. The quantitative estimate of drug-likeness (QED) is 0.258. The number of alkyl halides is 3. The maximum atomic E-state index is 13.7. The van der Waals surface area contributed by atoms with Crippen LogP contribution in [-0.2, 0) is 11.0 Å². The number of pyridine rings is 1. The maximum Gasteiger partial charge on any atom is 0.418 e. The van der Waals surface area contributed by atoms with Gasteiger partial charge >= 0.3 is 6.18 Å². The van der Waals surface area contributed by atoms with E-state index in [1.165, 1.54) is 31.5 Å². The Balaban J connectivity index is 2.14. The third kappa shape index (κ3) is 9.19. The Morgan fingerprint density at radius 1 is 0.970 bits per heavy atom. The molecule has 184 valence electrons. The molecule has 0 saturated carbocycles. The lowest BCUT2D eigenvalue weighted by Crippen LogP contribution is -2.27. The van der Waals surface area contributed by atoms with Gasteiger partial charge in [0.15, 0.2) is 0 Å². The van der Waals surface area contributed by atoms with E-state index in [0.29, 0.717) is 17.3 Å². The molecule has 0 saturated heterocycles. The van der Waals surface area contributed by atoms with Gasteiger partial charge in [0.05, 0.1) is 22.0 Å². The molecule has 1 atom stereocenters. The van der Waals surface area contributed by atoms with Crippen molar-refractivity contribution >= 4 is 34.3 Å². The number of aromatic nitrogens is 1. The van der Waals surface area contributed by atoms with Crippen LogP contribution in [0.4, 0.5) is 18.9 Å². The summed E-state index contributed by atoms with van der Waals surface area (Å²) in [5.41, 5.74) is -0.583. The molecule has 1 N–H and O–H groups in total. The fourth-order valence-corrected chi connectivity index (χ4v) is 5.08. The number of hydrogen-bond donors (Lipinski definition) is 1. The van der Waals surface area contributed by atoms with E-state index < -0.39 is 11.7 Å². The monoisotopic (exact) mass is 482 g/mol. The molecule has 2 aromatic rings. The summed E-state index contributed by atoms with van der Waals surface area (Å²) in [7, 11) is 0. The van der Waals surface area contributed by atoms with Gasteiger partial charge < -0.3 is 5.32 Å². The van der Waals surface area contributed by atoms with Crippen LogP contribution in [0.1, 0.15) is 90.0 Å². The third-order valence-corrected chi connectivity index (χ3v) is 7.14. The highest BCUT2D eigenvalue weighted by atomic mass is 32.2. The molecular formula is C26H37F3N2OS. The summed E-state index contributed by atoms with van der Waals surface area (Å²) in [6, 6.07) is 5.53. The molecule has 1 unspecified atom stereocenters. The van der Waals surface area contributed by atoms with Gasteiger partial charge in [0, 0.05) is 11.6 Å². The standard InChI is InChI=1S/C26H37F3N2OS/c1-3-5-7-9-10-11-15-23(33-19-12-8-6-4-2)25(32)31-24-20-14-13-18-30-22(20)17-16-21(24)26(27,28)29/h13-14,16-18,23H,3-12,15,19H2,1-2H3,(H,31,32). The zero-order chi connectivity index (χ0) is 24.1. The van der Waals surface area contributed by atoms with E-state index in [-0.39, 0.29) is 16.8 Å². The normalized spacial score (nSPS) is 12.8. The first-order valence-electron chi connectivity index (χ1n) is 12.3. The fourth-order valence-electron chi connectivity index (χ4n) is 3.88. The van der Waals surface area contributed by atoms with Crippen LogP contribution in [0.15, 0.2) is 30.5 Å². The predicted octanol–water partition coefficient (Wildman–Crippen LogP) is 8.62. The Bertz CT molecular complexity index is 857. The number of anilines is 1. The molecule has 0 bridgehead atoms. The number of fused-ring (bicyclic) bond motifs is 1. The molecule has 1 amide bonds. The molecule has 1 aromatic heterocycles. The number of halogens is 3. The molecule has 3 nitrogen and oxygen atoms in total. The van der Waals surface area contributed by atoms with Crippen molar-refractivity contribution < 1.29 is 18.0 Å². The van der Waals surface area contributed by atoms with Crippen LogP contribution >= 0.6 is 11.8 Å². The van der Waals surface area contributed by atoms with Gasteiger partial charge in [-0.1, -0.05) is 71.6 Å². The van der Waals surface area contributed by atoms with Crippen molar-refractivity contribution in [3.63, 3.8) is 0 Å². The van der Waals surface area contributed by atoms with Crippen molar-refractivity contribution in [2.45, 2.75) is 95.9 Å². The maximum absolute atomic E-state index is 13.7. The van der Waals surface area contributed by atoms with E-state index in [0.717, 1.165) is 56.8 Å². The second kappa shape index (κ2) is 14.5. The summed E-state index contributed by atoms with van der Waals surface area (Å²) >= 11 is 1.58. The zero-order valence-corrected chi connectivity index (χ0v) is 20.7. The average Bonchev–Trinajstić information content (AvgIpc) is 2.79. The molecule has 0 aliphatic carbocycles. The van der Waals surface area contributed by atoms with Gasteiger partial charge in [-0.2, -0.15) is 13.2 Å². The van der Waals surface area contributed by atoms with Crippen molar-refractivity contribution in [1.29, 1.82) is 0 Å². The van der Waals surface area contributed by atoms with Gasteiger partial charge in [0.25, 0.3) is 0 Å². The molecule has 0 fully saturated rings. The van der Waals surface area contributed by atoms with E-state index in [1.807, 2.05) is 0 Å². The highest BCUT2D eigenvalue weighted by Gasteiger charge is 2.35. The van der Waals surface area contributed by atoms with Gasteiger partial charge in [-0.15, -0.1) is 11.8 Å². The minimum absolute atomic E-state index is 0.183. The molecule has 33 heavy (non-hydrogen) atoms. The number of thioether (sulfide) groups is 1. The van der Waals surface area contributed by atoms with E-state index in [9.17, 15) is 18.0 Å². The number of carbonyl (C=O) groups is 1. The first kappa shape index (κ1) is 27.5. The average molecular weight is 483 g/mol. The first-order valence-corrected chi connectivity index (χ1v) is 13.3. The molecule has 0 aliphatic rings. The topological polar surface area (TPSA) is 42.0 Å². The van der Waals surface area contributed by atoms with Crippen molar-refractivity contribution in [3.8, 4) is 0 Å². The van der Waals surface area contributed by atoms with Gasteiger partial charge in [-0.25, -0.2) is 0 Å². The molecule has 1 aromatic carbocycles. The molecule has 7 heteroatoms. The van der Waals surface area contributed by atoms with E-state index in [4.69, 9.17) is 0 Å². The van der Waals surface area contributed by atoms with E-state index in [1.54, 1.807) is 23.9 Å². The highest BCUT2D eigenvalue weighted by molar-refractivity contribution is 8.00. The lowest BCUT2D eigenvalue weighted by molar-refractivity contribution is -0.136. The summed E-state index contributed by atoms with van der Waals surface area (Å²) in [5, 5.41) is 2.61. The lowest BCUT2D eigenvalue weighted by atomic mass is 10.1. The molecule has 0 aliphatic heterocycles. The van der Waals surface area contributed by atoms with Crippen LogP contribution in [-0.4, -0.2) is 21.9 Å². The largest absolute Gasteiger partial charge is 0.418 e. The molecular weight excluding hydrogens is 445 g/mol. The Morgan fingerprint density at radius 3 is 2.33 bits per heavy atom. The minimum atomic E-state index is -4.56. The molecule has 1 heterocycles. The second-order valence-corrected chi connectivity index (χ2v) is 9.83. The van der Waals surface area contributed by atoms with Gasteiger partial charge in [-0.3, -0.25) is 9.78 Å². The van der Waals surface area contributed by atoms with Crippen LogP contribution in [0.25, 0.3) is 10.9 Å². The van der Waals surface area contributed by atoms with Crippen molar-refractivity contribution in [1.82, 2.24) is 4.98 Å². The van der Waals surface area contributed by atoms with Crippen LogP contribution in [0.5, 0.6) is 0 Å². The minimum Gasteiger partial charge on any atom is -0.324 e. The Labute approximate surface area is 200 Å². The van der Waals surface area contributed by atoms with E-state index in [2.05, 4.69) is 24.1 Å². The van der Waals surface area contributed by atoms with E-state index >= 15 is 0 Å². The second-order valence-electron chi connectivity index (χ2n) is 8.52. The number of amides is 1. The first-order chi connectivity index (χ1) is 15.9. The zero-order valence-electron chi connectivity index (χ0n) is 19.8.